The lowest BCUT2D eigenvalue weighted by Gasteiger charge is -2.32. The summed E-state index contributed by atoms with van der Waals surface area (Å²) < 4.78 is 48.4. The van der Waals surface area contributed by atoms with Crippen LogP contribution in [-0.2, 0) is 16.6 Å². The zero-order valence-electron chi connectivity index (χ0n) is 19.6. The van der Waals surface area contributed by atoms with Gasteiger partial charge in [0.25, 0.3) is 10.0 Å². The summed E-state index contributed by atoms with van der Waals surface area (Å²) in [5.41, 5.74) is 1.32. The molecule has 3 aromatic rings. The van der Waals surface area contributed by atoms with Gasteiger partial charge in [0.05, 0.1) is 17.0 Å². The normalized spacial score (nSPS) is 18.6. The molecule has 2 aromatic carbocycles. The molecule has 0 N–H and O–H groups in total. The van der Waals surface area contributed by atoms with Gasteiger partial charge in [-0.2, -0.15) is 0 Å². The van der Waals surface area contributed by atoms with Crippen LogP contribution in [-0.4, -0.2) is 62.0 Å². The predicted molar refractivity (Wildman–Crippen MR) is 131 cm³/mol. The number of likely N-dealkylation sites (N-methyl/N-ethyl adjacent to an activating group) is 1. The van der Waals surface area contributed by atoms with Crippen molar-refractivity contribution in [2.75, 3.05) is 39.8 Å². The van der Waals surface area contributed by atoms with Gasteiger partial charge in [-0.25, -0.2) is 16.8 Å². The Kier molecular flexibility index (Phi) is 6.64. The maximum absolute atomic E-state index is 13.7. The third kappa shape index (κ3) is 4.85. The van der Waals surface area contributed by atoms with Crippen molar-refractivity contribution in [3.05, 3.63) is 60.0 Å². The molecule has 5 rings (SSSR count). The number of aromatic nitrogens is 1. The van der Waals surface area contributed by atoms with E-state index >= 15 is 0 Å². The molecule has 1 aromatic heterocycles. The van der Waals surface area contributed by atoms with Gasteiger partial charge in [-0.3, -0.25) is 4.90 Å². The topological polar surface area (TPSA) is 54.8 Å². The number of piperazine rings is 1. The second-order valence-corrected chi connectivity index (χ2v) is 11.4. The van der Waals surface area contributed by atoms with Crippen molar-refractivity contribution in [1.29, 1.82) is 0 Å². The van der Waals surface area contributed by atoms with Crippen LogP contribution in [0.2, 0.25) is 0 Å². The standard InChI is InChI=1S/C26H32FN3O3S/c1-28-12-14-29(15-13-28)18-23-16-21-17-24(33-19-20-4-2-3-5-20)8-11-26(21)30(23)34(31,32)25-9-6-22(27)7-10-25/h6-11,16-17,20H,2-5,12-15,18-19H2,1H3. The molecule has 182 valence electrons. The average molecular weight is 486 g/mol. The summed E-state index contributed by atoms with van der Waals surface area (Å²) in [4.78, 5) is 4.63. The number of nitrogens with zero attached hydrogens (tertiary/aromatic N) is 3. The van der Waals surface area contributed by atoms with Gasteiger partial charge in [0.1, 0.15) is 11.6 Å². The third-order valence-corrected chi connectivity index (χ3v) is 8.87. The van der Waals surface area contributed by atoms with E-state index in [1.807, 2.05) is 24.3 Å². The van der Waals surface area contributed by atoms with Gasteiger partial charge in [-0.05, 0) is 74.3 Å². The Balaban J connectivity index is 1.51. The first-order chi connectivity index (χ1) is 16.4. The molecule has 2 aliphatic rings. The van der Waals surface area contributed by atoms with Gasteiger partial charge in [-0.15, -0.1) is 0 Å². The number of hydrogen-bond acceptors (Lipinski definition) is 5. The van der Waals surface area contributed by atoms with Crippen LogP contribution in [0.4, 0.5) is 4.39 Å². The summed E-state index contributed by atoms with van der Waals surface area (Å²) in [5.74, 6) is 0.909. The lowest BCUT2D eigenvalue weighted by atomic mass is 10.1. The fraction of sp³-hybridized carbons (Fsp3) is 0.462. The highest BCUT2D eigenvalue weighted by Crippen LogP contribution is 2.31. The summed E-state index contributed by atoms with van der Waals surface area (Å²) in [6, 6.07) is 12.6. The van der Waals surface area contributed by atoms with E-state index in [4.69, 9.17) is 4.74 Å². The first kappa shape index (κ1) is 23.3. The summed E-state index contributed by atoms with van der Waals surface area (Å²) in [6.07, 6.45) is 4.97. The fourth-order valence-corrected chi connectivity index (χ4v) is 6.58. The van der Waals surface area contributed by atoms with E-state index in [2.05, 4.69) is 16.8 Å². The zero-order chi connectivity index (χ0) is 23.7. The Labute approximate surface area is 201 Å². The average Bonchev–Trinajstić information content (AvgIpc) is 3.47. The van der Waals surface area contributed by atoms with Crippen molar-refractivity contribution in [1.82, 2.24) is 13.8 Å². The van der Waals surface area contributed by atoms with Crippen LogP contribution in [0, 0.1) is 11.7 Å². The minimum Gasteiger partial charge on any atom is -0.493 e. The van der Waals surface area contributed by atoms with E-state index in [1.54, 1.807) is 0 Å². The van der Waals surface area contributed by atoms with E-state index in [-0.39, 0.29) is 4.90 Å². The van der Waals surface area contributed by atoms with E-state index < -0.39 is 15.8 Å². The first-order valence-corrected chi connectivity index (χ1v) is 13.5. The number of ether oxygens (including phenoxy) is 1. The third-order valence-electron chi connectivity index (χ3n) is 7.09. The van der Waals surface area contributed by atoms with E-state index in [0.717, 1.165) is 37.3 Å². The molecule has 6 nitrogen and oxygen atoms in total. The molecule has 0 spiro atoms. The van der Waals surface area contributed by atoms with Crippen molar-refractivity contribution in [3.63, 3.8) is 0 Å². The van der Waals surface area contributed by atoms with Crippen molar-refractivity contribution in [2.24, 2.45) is 5.92 Å². The Morgan fingerprint density at radius 2 is 1.68 bits per heavy atom. The molecule has 1 aliphatic heterocycles. The number of benzene rings is 2. The van der Waals surface area contributed by atoms with Crippen LogP contribution in [0.1, 0.15) is 31.4 Å². The molecule has 0 atom stereocenters. The van der Waals surface area contributed by atoms with Gasteiger partial charge in [-0.1, -0.05) is 12.8 Å². The molecule has 0 bridgehead atoms. The molecule has 2 fully saturated rings. The van der Waals surface area contributed by atoms with Crippen molar-refractivity contribution < 1.29 is 17.5 Å². The quantitative estimate of drug-likeness (QED) is 0.499. The number of rotatable bonds is 7. The lowest BCUT2D eigenvalue weighted by molar-refractivity contribution is 0.147. The molecule has 0 amide bonds. The first-order valence-electron chi connectivity index (χ1n) is 12.1. The van der Waals surface area contributed by atoms with Crippen molar-refractivity contribution in [3.8, 4) is 5.75 Å². The highest BCUT2D eigenvalue weighted by Gasteiger charge is 2.25. The van der Waals surface area contributed by atoms with E-state index in [1.165, 1.54) is 53.9 Å². The molecule has 2 heterocycles. The SMILES string of the molecule is CN1CCN(Cc2cc3cc(OCC4CCCC4)ccc3n2S(=O)(=O)c2ccc(F)cc2)CC1. The minimum absolute atomic E-state index is 0.0765. The van der Waals surface area contributed by atoms with Gasteiger partial charge >= 0.3 is 0 Å². The zero-order valence-corrected chi connectivity index (χ0v) is 20.4. The number of halogens is 1. The van der Waals surface area contributed by atoms with Gasteiger partial charge in [0, 0.05) is 43.8 Å². The summed E-state index contributed by atoms with van der Waals surface area (Å²) in [7, 11) is -1.80. The molecule has 34 heavy (non-hydrogen) atoms. The van der Waals surface area contributed by atoms with Crippen LogP contribution < -0.4 is 4.74 Å². The van der Waals surface area contributed by atoms with Gasteiger partial charge in [0.15, 0.2) is 0 Å². The molecule has 0 unspecified atom stereocenters. The monoisotopic (exact) mass is 485 g/mol. The van der Waals surface area contributed by atoms with Crippen LogP contribution in [0.25, 0.3) is 10.9 Å². The smallest absolute Gasteiger partial charge is 0.268 e. The van der Waals surface area contributed by atoms with E-state index in [9.17, 15) is 12.8 Å². The lowest BCUT2D eigenvalue weighted by Crippen LogP contribution is -2.44. The Bertz CT molecular complexity index is 1240. The Morgan fingerprint density at radius 3 is 2.38 bits per heavy atom. The van der Waals surface area contributed by atoms with Crippen LogP contribution in [0.3, 0.4) is 0 Å². The Hall–Kier alpha value is -2.42. The summed E-state index contributed by atoms with van der Waals surface area (Å²) >= 11 is 0. The molecule has 1 saturated heterocycles. The summed E-state index contributed by atoms with van der Waals surface area (Å²) in [5, 5.41) is 0.832. The molecule has 0 radical (unpaired) electrons. The van der Waals surface area contributed by atoms with Crippen molar-refractivity contribution in [2.45, 2.75) is 37.1 Å². The van der Waals surface area contributed by atoms with Gasteiger partial charge in [0.2, 0.25) is 0 Å². The molecule has 8 heteroatoms. The Morgan fingerprint density at radius 1 is 0.971 bits per heavy atom. The van der Waals surface area contributed by atoms with Crippen molar-refractivity contribution >= 4 is 20.9 Å². The second-order valence-electron chi connectivity index (χ2n) is 9.62. The molecule has 1 saturated carbocycles. The molecule has 1 aliphatic carbocycles. The van der Waals surface area contributed by atoms with E-state index in [0.29, 0.717) is 30.3 Å². The largest absolute Gasteiger partial charge is 0.493 e. The molecular weight excluding hydrogens is 453 g/mol. The second kappa shape index (κ2) is 9.68. The number of hydrogen-bond donors (Lipinski definition) is 0. The minimum atomic E-state index is -3.90. The fourth-order valence-electron chi connectivity index (χ4n) is 5.05. The van der Waals surface area contributed by atoms with Gasteiger partial charge < -0.3 is 9.64 Å². The molecular formula is C26H32FN3O3S. The van der Waals surface area contributed by atoms with Crippen LogP contribution in [0.5, 0.6) is 5.75 Å². The maximum atomic E-state index is 13.7. The summed E-state index contributed by atoms with van der Waals surface area (Å²) in [6.45, 7) is 4.89. The number of fused-ring (bicyclic) bond motifs is 1. The highest BCUT2D eigenvalue weighted by atomic mass is 32.2. The predicted octanol–water partition coefficient (Wildman–Crippen LogP) is 4.33. The highest BCUT2D eigenvalue weighted by molar-refractivity contribution is 7.90. The van der Waals surface area contributed by atoms with Crippen LogP contribution >= 0.6 is 0 Å². The van der Waals surface area contributed by atoms with Crippen LogP contribution in [0.15, 0.2) is 53.4 Å². The maximum Gasteiger partial charge on any atom is 0.268 e.